The second-order valence-corrected chi connectivity index (χ2v) is 4.39. The van der Waals surface area contributed by atoms with E-state index in [0.29, 0.717) is 6.42 Å². The van der Waals surface area contributed by atoms with Gasteiger partial charge in [0, 0.05) is 0 Å². The van der Waals surface area contributed by atoms with Crippen molar-refractivity contribution >= 4 is 17.8 Å². The largest absolute Gasteiger partial charge is 0.490 e. The number of halogens is 3. The summed E-state index contributed by atoms with van der Waals surface area (Å²) in [5.74, 6) is -3.61. The number of rotatable bonds is 5. The predicted molar refractivity (Wildman–Crippen MR) is 76.8 cm³/mol. The highest BCUT2D eigenvalue weighted by molar-refractivity contribution is 5.85. The Bertz CT molecular complexity index is 549. The quantitative estimate of drug-likeness (QED) is 0.665. The lowest BCUT2D eigenvalue weighted by molar-refractivity contribution is -0.192. The highest BCUT2D eigenvalue weighted by Gasteiger charge is 2.38. The van der Waals surface area contributed by atoms with Crippen LogP contribution in [0.1, 0.15) is 5.56 Å². The predicted octanol–water partition coefficient (Wildman–Crippen LogP) is 0.479. The van der Waals surface area contributed by atoms with Gasteiger partial charge >= 0.3 is 18.1 Å². The second-order valence-electron chi connectivity index (χ2n) is 4.39. The molecular weight excluding hydrogens is 333 g/mol. The first-order chi connectivity index (χ1) is 11.1. The summed E-state index contributed by atoms with van der Waals surface area (Å²) in [6.45, 7) is -0.155. The Labute approximate surface area is 135 Å². The minimum Gasteiger partial charge on any atom is -0.475 e. The third kappa shape index (κ3) is 9.41. The van der Waals surface area contributed by atoms with Gasteiger partial charge in [-0.2, -0.15) is 13.2 Å². The summed E-state index contributed by atoms with van der Waals surface area (Å²) < 4.78 is 36.1. The fraction of sp³-hybridized carbons (Fsp3) is 0.357. The fourth-order valence-electron chi connectivity index (χ4n) is 1.32. The molecule has 0 unspecified atom stereocenters. The molecule has 0 aliphatic heterocycles. The van der Waals surface area contributed by atoms with E-state index in [-0.39, 0.29) is 12.5 Å². The molecule has 1 amide bonds. The molecule has 0 spiro atoms. The second kappa shape index (κ2) is 10.2. The van der Waals surface area contributed by atoms with Crippen LogP contribution in [0.5, 0.6) is 0 Å². The third-order valence-corrected chi connectivity index (χ3v) is 2.51. The lowest BCUT2D eigenvalue weighted by atomic mass is 10.1. The van der Waals surface area contributed by atoms with Crippen molar-refractivity contribution in [2.75, 3.05) is 13.7 Å². The molecule has 0 radical (unpaired) electrons. The summed E-state index contributed by atoms with van der Waals surface area (Å²) in [6.07, 6.45) is -4.64. The molecule has 0 aliphatic rings. The van der Waals surface area contributed by atoms with Crippen LogP contribution in [0.3, 0.4) is 0 Å². The molecule has 7 nitrogen and oxygen atoms in total. The summed E-state index contributed by atoms with van der Waals surface area (Å²) in [6, 6.07) is 8.79. The Kier molecular flexibility index (Phi) is 9.10. The summed E-state index contributed by atoms with van der Waals surface area (Å²) in [4.78, 5) is 31.2. The number of aliphatic carboxylic acids is 1. The monoisotopic (exact) mass is 350 g/mol. The first kappa shape index (κ1) is 21.4. The molecule has 0 aliphatic carbocycles. The van der Waals surface area contributed by atoms with Gasteiger partial charge in [-0.3, -0.25) is 9.59 Å². The molecule has 134 valence electrons. The summed E-state index contributed by atoms with van der Waals surface area (Å²) in [5, 5.41) is 9.54. The number of esters is 1. The number of carbonyl (C=O) groups is 3. The maximum Gasteiger partial charge on any atom is 0.490 e. The average molecular weight is 350 g/mol. The van der Waals surface area contributed by atoms with Crippen molar-refractivity contribution < 1.29 is 37.4 Å². The molecule has 1 aromatic rings. The zero-order chi connectivity index (χ0) is 18.8. The third-order valence-electron chi connectivity index (χ3n) is 2.51. The van der Waals surface area contributed by atoms with Crippen molar-refractivity contribution in [1.82, 2.24) is 5.32 Å². The smallest absolute Gasteiger partial charge is 0.475 e. The minimum absolute atomic E-state index is 0.155. The van der Waals surface area contributed by atoms with E-state index in [2.05, 4.69) is 10.1 Å². The number of methoxy groups -OCH3 is 1. The number of carbonyl (C=O) groups excluding carboxylic acids is 2. The molecule has 24 heavy (non-hydrogen) atoms. The lowest BCUT2D eigenvalue weighted by Crippen LogP contribution is -2.44. The van der Waals surface area contributed by atoms with Gasteiger partial charge in [-0.25, -0.2) is 4.79 Å². The number of nitrogens with one attached hydrogen (secondary N) is 1. The van der Waals surface area contributed by atoms with E-state index in [4.69, 9.17) is 15.6 Å². The standard InChI is InChI=1S/C12H16N2O3.C2HF3O2/c1-17-11(15)8-14-12(16)10(13)7-9-5-3-2-4-6-9;3-2(4,5)1(6)7/h2-6,10H,7-8,13H2,1H3,(H,14,16);(H,6,7)/t10-;/m0./s1. The minimum atomic E-state index is -5.08. The Morgan fingerprint density at radius 2 is 1.75 bits per heavy atom. The van der Waals surface area contributed by atoms with Gasteiger partial charge in [-0.15, -0.1) is 0 Å². The molecule has 10 heteroatoms. The van der Waals surface area contributed by atoms with Crippen molar-refractivity contribution in [1.29, 1.82) is 0 Å². The maximum absolute atomic E-state index is 11.5. The van der Waals surface area contributed by atoms with Gasteiger partial charge in [-0.05, 0) is 12.0 Å². The van der Waals surface area contributed by atoms with Crippen LogP contribution in [-0.2, 0) is 25.5 Å². The van der Waals surface area contributed by atoms with Gasteiger partial charge in [0.2, 0.25) is 5.91 Å². The SMILES string of the molecule is COC(=O)CNC(=O)[C@@H](N)Cc1ccccc1.O=C(O)C(F)(F)F. The van der Waals surface area contributed by atoms with E-state index in [0.717, 1.165) is 5.56 Å². The van der Waals surface area contributed by atoms with Crippen molar-refractivity contribution in [2.24, 2.45) is 5.73 Å². The summed E-state index contributed by atoms with van der Waals surface area (Å²) in [7, 11) is 1.26. The molecule has 1 rings (SSSR count). The van der Waals surface area contributed by atoms with Crippen LogP contribution < -0.4 is 11.1 Å². The Morgan fingerprint density at radius 3 is 2.17 bits per heavy atom. The van der Waals surface area contributed by atoms with E-state index in [1.54, 1.807) is 0 Å². The molecule has 1 aromatic carbocycles. The van der Waals surface area contributed by atoms with Gasteiger partial charge in [0.05, 0.1) is 13.2 Å². The molecule has 1 atom stereocenters. The molecule has 0 bridgehead atoms. The normalized spacial score (nSPS) is 11.5. The zero-order valence-corrected chi connectivity index (χ0v) is 12.7. The number of nitrogens with two attached hydrogens (primary N) is 1. The molecule has 4 N–H and O–H groups in total. The number of ether oxygens (including phenoxy) is 1. The topological polar surface area (TPSA) is 119 Å². The first-order valence-electron chi connectivity index (χ1n) is 6.52. The van der Waals surface area contributed by atoms with Crippen LogP contribution in [0.2, 0.25) is 0 Å². The van der Waals surface area contributed by atoms with Crippen molar-refractivity contribution in [3.05, 3.63) is 35.9 Å². The van der Waals surface area contributed by atoms with E-state index in [1.165, 1.54) is 7.11 Å². The highest BCUT2D eigenvalue weighted by atomic mass is 19.4. The number of hydrogen-bond acceptors (Lipinski definition) is 5. The molecule has 0 fully saturated rings. The molecule has 0 aromatic heterocycles. The maximum atomic E-state index is 11.5. The number of benzene rings is 1. The Balaban J connectivity index is 0.000000640. The lowest BCUT2D eigenvalue weighted by Gasteiger charge is -2.11. The van der Waals surface area contributed by atoms with Crippen LogP contribution in [0, 0.1) is 0 Å². The van der Waals surface area contributed by atoms with Crippen molar-refractivity contribution in [3.63, 3.8) is 0 Å². The van der Waals surface area contributed by atoms with Gasteiger partial charge in [0.1, 0.15) is 6.54 Å². The summed E-state index contributed by atoms with van der Waals surface area (Å²) in [5.41, 5.74) is 6.69. The number of carboxylic acid groups (broad SMARTS) is 1. The van der Waals surface area contributed by atoms with Crippen LogP contribution >= 0.6 is 0 Å². The number of carboxylic acids is 1. The number of amides is 1. The van der Waals surface area contributed by atoms with E-state index in [1.807, 2.05) is 30.3 Å². The van der Waals surface area contributed by atoms with Gasteiger partial charge in [-0.1, -0.05) is 30.3 Å². The Hall–Kier alpha value is -2.62. The number of hydrogen-bond donors (Lipinski definition) is 3. The van der Waals surface area contributed by atoms with Crippen molar-refractivity contribution in [3.8, 4) is 0 Å². The van der Waals surface area contributed by atoms with Gasteiger partial charge in [0.25, 0.3) is 0 Å². The molecule has 0 heterocycles. The van der Waals surface area contributed by atoms with Crippen LogP contribution in [0.4, 0.5) is 13.2 Å². The van der Waals surface area contributed by atoms with Crippen molar-refractivity contribution in [2.45, 2.75) is 18.6 Å². The zero-order valence-electron chi connectivity index (χ0n) is 12.7. The molecular formula is C14H17F3N2O5. The Morgan fingerprint density at radius 1 is 1.25 bits per heavy atom. The van der Waals surface area contributed by atoms with E-state index >= 15 is 0 Å². The highest BCUT2D eigenvalue weighted by Crippen LogP contribution is 2.13. The average Bonchev–Trinajstić information content (AvgIpc) is 2.52. The van der Waals surface area contributed by atoms with Gasteiger partial charge in [0.15, 0.2) is 0 Å². The van der Waals surface area contributed by atoms with Crippen LogP contribution in [-0.4, -0.2) is 48.8 Å². The number of alkyl halides is 3. The molecule has 0 saturated carbocycles. The van der Waals surface area contributed by atoms with E-state index < -0.39 is 24.2 Å². The molecule has 0 saturated heterocycles. The van der Waals surface area contributed by atoms with Crippen LogP contribution in [0.15, 0.2) is 30.3 Å². The first-order valence-corrected chi connectivity index (χ1v) is 6.52. The fourth-order valence-corrected chi connectivity index (χ4v) is 1.32. The van der Waals surface area contributed by atoms with Crippen LogP contribution in [0.25, 0.3) is 0 Å². The summed E-state index contributed by atoms with van der Waals surface area (Å²) >= 11 is 0. The van der Waals surface area contributed by atoms with E-state index in [9.17, 15) is 22.8 Å². The van der Waals surface area contributed by atoms with Gasteiger partial charge < -0.3 is 20.9 Å².